The lowest BCUT2D eigenvalue weighted by molar-refractivity contribution is 0.0470. The molecule has 0 unspecified atom stereocenters. The number of ether oxygens (including phenoxy) is 1. The number of carbonyl (C=O) groups is 1. The van der Waals surface area contributed by atoms with Crippen LogP contribution in [0.5, 0.6) is 0 Å². The van der Waals surface area contributed by atoms with Crippen molar-refractivity contribution in [2.75, 3.05) is 0 Å². The first-order chi connectivity index (χ1) is 9.33. The van der Waals surface area contributed by atoms with E-state index in [0.29, 0.717) is 16.3 Å². The fourth-order valence-electron chi connectivity index (χ4n) is 1.52. The quantitative estimate of drug-likeness (QED) is 0.686. The Balaban J connectivity index is 1.63. The highest BCUT2D eigenvalue weighted by Crippen LogP contribution is 2.25. The van der Waals surface area contributed by atoms with E-state index < -0.39 is 0 Å². The number of hydrogen-bond donors (Lipinski definition) is 0. The molecule has 4 nitrogen and oxygen atoms in total. The number of aromatic nitrogens is 1. The SMILES string of the molecule is O=C(OCc1cc(-c2cccs2)on1)c1cccs1. The summed E-state index contributed by atoms with van der Waals surface area (Å²) in [6.07, 6.45) is 0. The number of esters is 1. The molecule has 0 aromatic carbocycles. The Morgan fingerprint density at radius 1 is 1.26 bits per heavy atom. The van der Waals surface area contributed by atoms with Crippen LogP contribution in [-0.2, 0) is 11.3 Å². The van der Waals surface area contributed by atoms with Gasteiger partial charge >= 0.3 is 5.97 Å². The van der Waals surface area contributed by atoms with Gasteiger partial charge in [0.2, 0.25) is 0 Å². The molecular weight excluding hydrogens is 282 g/mol. The van der Waals surface area contributed by atoms with Gasteiger partial charge in [-0.05, 0) is 22.9 Å². The molecule has 0 aliphatic carbocycles. The van der Waals surface area contributed by atoms with Crippen molar-refractivity contribution in [3.8, 4) is 10.6 Å². The lowest BCUT2D eigenvalue weighted by Gasteiger charge is -1.98. The summed E-state index contributed by atoms with van der Waals surface area (Å²) in [4.78, 5) is 13.2. The van der Waals surface area contributed by atoms with Crippen LogP contribution < -0.4 is 0 Å². The largest absolute Gasteiger partial charge is 0.455 e. The molecular formula is C13H9NO3S2. The Morgan fingerprint density at radius 2 is 2.11 bits per heavy atom. The molecule has 0 saturated carbocycles. The van der Waals surface area contributed by atoms with Crippen molar-refractivity contribution >= 4 is 28.6 Å². The first-order valence-electron chi connectivity index (χ1n) is 5.53. The Kier molecular flexibility index (Phi) is 3.43. The summed E-state index contributed by atoms with van der Waals surface area (Å²) in [6, 6.07) is 9.22. The van der Waals surface area contributed by atoms with E-state index in [1.165, 1.54) is 11.3 Å². The van der Waals surface area contributed by atoms with Gasteiger partial charge in [-0.15, -0.1) is 22.7 Å². The molecule has 96 valence electrons. The predicted molar refractivity (Wildman–Crippen MR) is 73.3 cm³/mol. The third kappa shape index (κ3) is 2.74. The van der Waals surface area contributed by atoms with Gasteiger partial charge in [0.05, 0.1) is 4.88 Å². The van der Waals surface area contributed by atoms with Crippen LogP contribution in [0.2, 0.25) is 0 Å². The molecule has 0 amide bonds. The van der Waals surface area contributed by atoms with Crippen LogP contribution >= 0.6 is 22.7 Å². The summed E-state index contributed by atoms with van der Waals surface area (Å²) in [5, 5.41) is 7.68. The van der Waals surface area contributed by atoms with Gasteiger partial charge in [0.15, 0.2) is 5.76 Å². The van der Waals surface area contributed by atoms with E-state index >= 15 is 0 Å². The maximum absolute atomic E-state index is 11.6. The van der Waals surface area contributed by atoms with E-state index in [1.807, 2.05) is 29.0 Å². The molecule has 3 aromatic rings. The average molecular weight is 291 g/mol. The van der Waals surface area contributed by atoms with E-state index in [1.54, 1.807) is 23.5 Å². The van der Waals surface area contributed by atoms with Gasteiger partial charge < -0.3 is 9.26 Å². The van der Waals surface area contributed by atoms with Crippen molar-refractivity contribution in [3.05, 3.63) is 51.7 Å². The van der Waals surface area contributed by atoms with Gasteiger partial charge in [0.25, 0.3) is 0 Å². The minimum atomic E-state index is -0.337. The van der Waals surface area contributed by atoms with Crippen molar-refractivity contribution in [1.29, 1.82) is 0 Å². The molecule has 6 heteroatoms. The zero-order valence-electron chi connectivity index (χ0n) is 9.74. The Hall–Kier alpha value is -1.92. The zero-order chi connectivity index (χ0) is 13.1. The van der Waals surface area contributed by atoms with Crippen LogP contribution in [0.4, 0.5) is 0 Å². The van der Waals surface area contributed by atoms with Gasteiger partial charge in [-0.3, -0.25) is 0 Å². The third-order valence-electron chi connectivity index (χ3n) is 2.40. The number of nitrogens with zero attached hydrogens (tertiary/aromatic N) is 1. The van der Waals surface area contributed by atoms with E-state index in [-0.39, 0.29) is 12.6 Å². The number of hydrogen-bond acceptors (Lipinski definition) is 6. The highest BCUT2D eigenvalue weighted by atomic mass is 32.1. The molecule has 0 spiro atoms. The second-order valence-electron chi connectivity index (χ2n) is 3.71. The van der Waals surface area contributed by atoms with Crippen molar-refractivity contribution in [2.24, 2.45) is 0 Å². The van der Waals surface area contributed by atoms with Crippen LogP contribution in [0, 0.1) is 0 Å². The summed E-state index contributed by atoms with van der Waals surface area (Å²) in [6.45, 7) is 0.117. The van der Waals surface area contributed by atoms with Gasteiger partial charge in [-0.1, -0.05) is 17.3 Å². The minimum absolute atomic E-state index is 0.117. The number of thiophene rings is 2. The Labute approximate surface area is 117 Å². The molecule has 0 fully saturated rings. The second kappa shape index (κ2) is 5.38. The van der Waals surface area contributed by atoms with Crippen molar-refractivity contribution in [1.82, 2.24) is 5.16 Å². The zero-order valence-corrected chi connectivity index (χ0v) is 11.4. The van der Waals surface area contributed by atoms with Gasteiger partial charge in [0.1, 0.15) is 17.2 Å². The van der Waals surface area contributed by atoms with E-state index in [2.05, 4.69) is 5.16 Å². The van der Waals surface area contributed by atoms with Crippen LogP contribution in [-0.4, -0.2) is 11.1 Å². The predicted octanol–water partition coefficient (Wildman–Crippen LogP) is 3.82. The highest BCUT2D eigenvalue weighted by molar-refractivity contribution is 7.13. The molecule has 0 radical (unpaired) electrons. The van der Waals surface area contributed by atoms with E-state index in [0.717, 1.165) is 4.88 Å². The molecule has 0 bridgehead atoms. The lowest BCUT2D eigenvalue weighted by atomic mass is 10.3. The molecule has 3 aromatic heterocycles. The summed E-state index contributed by atoms with van der Waals surface area (Å²) in [7, 11) is 0. The Morgan fingerprint density at radius 3 is 2.84 bits per heavy atom. The van der Waals surface area contributed by atoms with Crippen molar-refractivity contribution in [2.45, 2.75) is 6.61 Å². The molecule has 0 aliphatic heterocycles. The molecule has 0 saturated heterocycles. The fraction of sp³-hybridized carbons (Fsp3) is 0.0769. The minimum Gasteiger partial charge on any atom is -0.455 e. The molecule has 3 heterocycles. The highest BCUT2D eigenvalue weighted by Gasteiger charge is 2.11. The summed E-state index contributed by atoms with van der Waals surface area (Å²) in [5.41, 5.74) is 0.605. The smallest absolute Gasteiger partial charge is 0.348 e. The van der Waals surface area contributed by atoms with Crippen LogP contribution in [0.3, 0.4) is 0 Å². The summed E-state index contributed by atoms with van der Waals surface area (Å²) < 4.78 is 10.4. The molecule has 3 rings (SSSR count). The Bertz CT molecular complexity index is 656. The topological polar surface area (TPSA) is 52.3 Å². The fourth-order valence-corrected chi connectivity index (χ4v) is 2.81. The van der Waals surface area contributed by atoms with Gasteiger partial charge in [0, 0.05) is 6.07 Å². The number of rotatable bonds is 4. The van der Waals surface area contributed by atoms with Crippen LogP contribution in [0.25, 0.3) is 10.6 Å². The lowest BCUT2D eigenvalue weighted by Crippen LogP contribution is -2.03. The van der Waals surface area contributed by atoms with E-state index in [4.69, 9.17) is 9.26 Å². The van der Waals surface area contributed by atoms with E-state index in [9.17, 15) is 4.79 Å². The maximum Gasteiger partial charge on any atom is 0.348 e. The summed E-state index contributed by atoms with van der Waals surface area (Å²) >= 11 is 2.92. The molecule has 0 N–H and O–H groups in total. The average Bonchev–Trinajstić information content (AvgIpc) is 3.14. The molecule has 0 aliphatic rings. The van der Waals surface area contributed by atoms with Crippen LogP contribution in [0.15, 0.2) is 45.6 Å². The standard InChI is InChI=1S/C13H9NO3S2/c15-13(12-4-2-6-19-12)16-8-9-7-10(17-14-9)11-3-1-5-18-11/h1-7H,8H2. The third-order valence-corrected chi connectivity index (χ3v) is 4.13. The van der Waals surface area contributed by atoms with Crippen LogP contribution in [0.1, 0.15) is 15.4 Å². The molecule has 0 atom stereocenters. The molecule has 19 heavy (non-hydrogen) atoms. The first kappa shape index (κ1) is 12.1. The number of carbonyl (C=O) groups excluding carboxylic acids is 1. The van der Waals surface area contributed by atoms with Crippen molar-refractivity contribution in [3.63, 3.8) is 0 Å². The summed E-state index contributed by atoms with van der Waals surface area (Å²) in [5.74, 6) is 0.354. The maximum atomic E-state index is 11.6. The second-order valence-corrected chi connectivity index (χ2v) is 5.61. The first-order valence-corrected chi connectivity index (χ1v) is 7.29. The van der Waals surface area contributed by atoms with Gasteiger partial charge in [-0.25, -0.2) is 4.79 Å². The van der Waals surface area contributed by atoms with Gasteiger partial charge in [-0.2, -0.15) is 0 Å². The monoisotopic (exact) mass is 291 g/mol. The normalized spacial score (nSPS) is 10.5. The van der Waals surface area contributed by atoms with Crippen molar-refractivity contribution < 1.29 is 14.1 Å².